The summed E-state index contributed by atoms with van der Waals surface area (Å²) in [5.74, 6) is -1.67. The Kier molecular flexibility index (Phi) is 3.87. The minimum Gasteiger partial charge on any atom is -0.506 e. The third kappa shape index (κ3) is 3.02. The van der Waals surface area contributed by atoms with E-state index in [-0.39, 0.29) is 18.9 Å². The van der Waals surface area contributed by atoms with Crippen LogP contribution in [0, 0.1) is 5.92 Å². The van der Waals surface area contributed by atoms with E-state index in [1.807, 2.05) is 0 Å². The number of nitrogens with one attached hydrogen (secondary N) is 1. The number of hydrogen-bond donors (Lipinski definition) is 3. The Balaban J connectivity index is 2.18. The minimum atomic E-state index is -4.56. The first kappa shape index (κ1) is 14.6. The number of anilines is 1. The van der Waals surface area contributed by atoms with E-state index in [1.165, 1.54) is 0 Å². The molecule has 5 nitrogen and oxygen atoms in total. The maximum atomic E-state index is 12.6. The molecular formula is C12H13F3N2O3. The second-order valence-electron chi connectivity index (χ2n) is 4.53. The van der Waals surface area contributed by atoms with Crippen molar-refractivity contribution in [2.45, 2.75) is 12.2 Å². The van der Waals surface area contributed by atoms with E-state index in [2.05, 4.69) is 5.32 Å². The molecule has 1 heterocycles. The lowest BCUT2D eigenvalue weighted by molar-refractivity contribution is -0.137. The van der Waals surface area contributed by atoms with Gasteiger partial charge in [-0.1, -0.05) is 0 Å². The van der Waals surface area contributed by atoms with Crippen LogP contribution in [-0.2, 0) is 15.7 Å². The molecule has 2 unspecified atom stereocenters. The zero-order valence-corrected chi connectivity index (χ0v) is 10.3. The molecule has 1 aliphatic heterocycles. The molecule has 1 saturated heterocycles. The van der Waals surface area contributed by atoms with Gasteiger partial charge in [0.25, 0.3) is 0 Å². The molecule has 0 aromatic heterocycles. The average molecular weight is 290 g/mol. The number of hydrogen-bond acceptors (Lipinski definition) is 4. The third-order valence-corrected chi connectivity index (χ3v) is 3.04. The first-order valence-corrected chi connectivity index (χ1v) is 5.83. The first-order valence-electron chi connectivity index (χ1n) is 5.83. The Morgan fingerprint density at radius 3 is 2.65 bits per heavy atom. The van der Waals surface area contributed by atoms with E-state index < -0.39 is 35.4 Å². The summed E-state index contributed by atoms with van der Waals surface area (Å²) in [6.45, 7) is 0.319. The SMILES string of the molecule is NC1COCC1C(=O)Nc1cc(C(F)(F)F)ccc1O. The fraction of sp³-hybridized carbons (Fsp3) is 0.417. The number of rotatable bonds is 2. The van der Waals surface area contributed by atoms with Crippen LogP contribution < -0.4 is 11.1 Å². The number of carbonyl (C=O) groups excluding carboxylic acids is 1. The number of aromatic hydroxyl groups is 1. The van der Waals surface area contributed by atoms with Crippen LogP contribution in [0.15, 0.2) is 18.2 Å². The monoisotopic (exact) mass is 290 g/mol. The van der Waals surface area contributed by atoms with Gasteiger partial charge in [-0.05, 0) is 18.2 Å². The molecule has 110 valence electrons. The second kappa shape index (κ2) is 5.29. The van der Waals surface area contributed by atoms with Crippen LogP contribution in [0.5, 0.6) is 5.75 Å². The maximum absolute atomic E-state index is 12.6. The van der Waals surface area contributed by atoms with Gasteiger partial charge in [-0.15, -0.1) is 0 Å². The Morgan fingerprint density at radius 2 is 2.10 bits per heavy atom. The molecule has 0 bridgehead atoms. The van der Waals surface area contributed by atoms with Crippen LogP contribution in [0.2, 0.25) is 0 Å². The molecule has 2 atom stereocenters. The predicted octanol–water partition coefficient (Wildman–Crippen LogP) is 1.32. The van der Waals surface area contributed by atoms with Crippen LogP contribution in [0.25, 0.3) is 0 Å². The van der Waals surface area contributed by atoms with Gasteiger partial charge in [-0.3, -0.25) is 4.79 Å². The molecule has 2 rings (SSSR count). The fourth-order valence-corrected chi connectivity index (χ4v) is 1.88. The lowest BCUT2D eigenvalue weighted by Crippen LogP contribution is -2.37. The molecule has 0 spiro atoms. The lowest BCUT2D eigenvalue weighted by Gasteiger charge is -2.15. The maximum Gasteiger partial charge on any atom is 0.416 e. The highest BCUT2D eigenvalue weighted by molar-refractivity contribution is 5.94. The number of ether oxygens (including phenoxy) is 1. The van der Waals surface area contributed by atoms with Gasteiger partial charge in [0.1, 0.15) is 5.75 Å². The van der Waals surface area contributed by atoms with E-state index >= 15 is 0 Å². The summed E-state index contributed by atoms with van der Waals surface area (Å²) in [5.41, 5.74) is 4.38. The van der Waals surface area contributed by atoms with Crippen LogP contribution in [0.1, 0.15) is 5.56 Å². The van der Waals surface area contributed by atoms with Gasteiger partial charge in [-0.2, -0.15) is 13.2 Å². The number of benzene rings is 1. The van der Waals surface area contributed by atoms with Gasteiger partial charge >= 0.3 is 6.18 Å². The van der Waals surface area contributed by atoms with Gasteiger partial charge in [-0.25, -0.2) is 0 Å². The molecule has 0 aliphatic carbocycles. The van der Waals surface area contributed by atoms with Gasteiger partial charge in [0.2, 0.25) is 5.91 Å². The number of halogens is 3. The van der Waals surface area contributed by atoms with Crippen molar-refractivity contribution < 1.29 is 27.8 Å². The lowest BCUT2D eigenvalue weighted by atomic mass is 10.0. The summed E-state index contributed by atoms with van der Waals surface area (Å²) in [7, 11) is 0. The Bertz CT molecular complexity index is 519. The standard InChI is InChI=1S/C12H13F3N2O3/c13-12(14,15)6-1-2-10(18)9(3-6)17-11(19)7-4-20-5-8(7)16/h1-3,7-8,18H,4-5,16H2,(H,17,19). The quantitative estimate of drug-likeness (QED) is 0.717. The average Bonchev–Trinajstić information content (AvgIpc) is 2.77. The van der Waals surface area contributed by atoms with Crippen molar-refractivity contribution in [1.29, 1.82) is 0 Å². The Morgan fingerprint density at radius 1 is 1.40 bits per heavy atom. The molecule has 8 heteroatoms. The topological polar surface area (TPSA) is 84.6 Å². The molecule has 1 aromatic carbocycles. The Hall–Kier alpha value is -1.80. The van der Waals surface area contributed by atoms with Crippen molar-refractivity contribution in [2.24, 2.45) is 11.7 Å². The minimum absolute atomic E-state index is 0.104. The molecule has 1 amide bonds. The molecule has 20 heavy (non-hydrogen) atoms. The van der Waals surface area contributed by atoms with Crippen molar-refractivity contribution in [3.63, 3.8) is 0 Å². The molecule has 0 saturated carbocycles. The summed E-state index contributed by atoms with van der Waals surface area (Å²) in [6, 6.07) is 1.77. The van der Waals surface area contributed by atoms with Crippen molar-refractivity contribution >= 4 is 11.6 Å². The van der Waals surface area contributed by atoms with E-state index in [0.29, 0.717) is 6.07 Å². The third-order valence-electron chi connectivity index (χ3n) is 3.04. The molecule has 0 radical (unpaired) electrons. The number of phenolic OH excluding ortho intramolecular Hbond substituents is 1. The van der Waals surface area contributed by atoms with Gasteiger partial charge in [0.15, 0.2) is 0 Å². The van der Waals surface area contributed by atoms with Crippen LogP contribution in [-0.4, -0.2) is 30.3 Å². The van der Waals surface area contributed by atoms with Crippen LogP contribution in [0.4, 0.5) is 18.9 Å². The number of alkyl halides is 3. The number of phenols is 1. The van der Waals surface area contributed by atoms with Crippen LogP contribution >= 0.6 is 0 Å². The van der Waals surface area contributed by atoms with Gasteiger partial charge in [0.05, 0.1) is 30.4 Å². The molecule has 1 aromatic rings. The number of carbonyl (C=O) groups is 1. The van der Waals surface area contributed by atoms with E-state index in [0.717, 1.165) is 12.1 Å². The highest BCUT2D eigenvalue weighted by Gasteiger charge is 2.33. The van der Waals surface area contributed by atoms with Crippen molar-refractivity contribution in [3.8, 4) is 5.75 Å². The van der Waals surface area contributed by atoms with E-state index in [9.17, 15) is 23.1 Å². The van der Waals surface area contributed by atoms with Crippen molar-refractivity contribution in [3.05, 3.63) is 23.8 Å². The highest BCUT2D eigenvalue weighted by Crippen LogP contribution is 2.34. The smallest absolute Gasteiger partial charge is 0.416 e. The Labute approximate surface area is 112 Å². The highest BCUT2D eigenvalue weighted by atomic mass is 19.4. The second-order valence-corrected chi connectivity index (χ2v) is 4.53. The van der Waals surface area contributed by atoms with E-state index in [4.69, 9.17) is 10.5 Å². The predicted molar refractivity (Wildman–Crippen MR) is 64.0 cm³/mol. The summed E-state index contributed by atoms with van der Waals surface area (Å²) < 4.78 is 42.7. The summed E-state index contributed by atoms with van der Waals surface area (Å²) in [6.07, 6.45) is -4.56. The summed E-state index contributed by atoms with van der Waals surface area (Å²) in [5, 5.41) is 11.8. The summed E-state index contributed by atoms with van der Waals surface area (Å²) >= 11 is 0. The largest absolute Gasteiger partial charge is 0.506 e. The van der Waals surface area contributed by atoms with Crippen molar-refractivity contribution in [2.75, 3.05) is 18.5 Å². The fourth-order valence-electron chi connectivity index (χ4n) is 1.88. The van der Waals surface area contributed by atoms with Gasteiger partial charge in [0, 0.05) is 6.04 Å². The zero-order valence-electron chi connectivity index (χ0n) is 10.3. The van der Waals surface area contributed by atoms with Gasteiger partial charge < -0.3 is 20.9 Å². The molecule has 1 fully saturated rings. The zero-order chi connectivity index (χ0) is 14.9. The van der Waals surface area contributed by atoms with E-state index in [1.54, 1.807) is 0 Å². The molecule has 1 aliphatic rings. The number of amides is 1. The normalized spacial score (nSPS) is 22.8. The van der Waals surface area contributed by atoms with Crippen molar-refractivity contribution in [1.82, 2.24) is 0 Å². The van der Waals surface area contributed by atoms with Crippen LogP contribution in [0.3, 0.4) is 0 Å². The molecule has 4 N–H and O–H groups in total. The first-order chi connectivity index (χ1) is 9.29. The molecular weight excluding hydrogens is 277 g/mol. The summed E-state index contributed by atoms with van der Waals surface area (Å²) in [4.78, 5) is 11.9. The number of nitrogens with two attached hydrogens (primary N) is 1.